The summed E-state index contributed by atoms with van der Waals surface area (Å²) in [6.07, 6.45) is -26.4. The molecule has 7 unspecified atom stereocenters. The molecule has 1 aromatic heterocycles. The Morgan fingerprint density at radius 3 is 2.05 bits per heavy atom. The number of methoxy groups -OCH3 is 1. The largest absolute Gasteiger partial charge is 0.508 e. The zero-order chi connectivity index (χ0) is 40.0. The lowest BCUT2D eigenvalue weighted by atomic mass is 9.97. The van der Waals surface area contributed by atoms with Gasteiger partial charge in [0.05, 0.1) is 26.4 Å². The molecule has 0 saturated carbocycles. The van der Waals surface area contributed by atoms with Crippen molar-refractivity contribution in [3.8, 4) is 40.1 Å². The number of phenols is 3. The van der Waals surface area contributed by atoms with Gasteiger partial charge in [0.25, 0.3) is 0 Å². The van der Waals surface area contributed by atoms with Crippen LogP contribution in [0.2, 0.25) is 0 Å². The van der Waals surface area contributed by atoms with Gasteiger partial charge in [0, 0.05) is 17.7 Å². The highest BCUT2D eigenvalue weighted by Gasteiger charge is 2.52. The number of phenolic OH excluding ortho intramolecular Hbond substituents is 3. The van der Waals surface area contributed by atoms with Crippen molar-refractivity contribution < 1.29 is 98.9 Å². The standard InChI is InChI=1S/C34H42O21/c1-10-20(39)24(43)27(46)32(50-10)49-9-18-22(41)26(45)31(55-33-28(47)25(44)21(40)17(8-35)52-33)34(53-18)54-30-23(42)19-14(38)6-12(36)7-16(19)51-29(30)11-3-4-13(37)15(5-11)48-2/h3-7,10,17-18,20-22,24-28,31-41,43-47H,8-9H2,1-2H3/t10?,17?,18?,20-,21-,22+,24-,25?,26?,27?,28+,31?,32+,33-,34-/m0/s1. The lowest BCUT2D eigenvalue weighted by molar-refractivity contribution is -0.362. The highest BCUT2D eigenvalue weighted by atomic mass is 16.8. The van der Waals surface area contributed by atoms with Crippen LogP contribution in [0, 0.1) is 0 Å². The molecule has 0 amide bonds. The van der Waals surface area contributed by atoms with Crippen LogP contribution in [0.25, 0.3) is 22.3 Å². The molecule has 15 atom stereocenters. The highest BCUT2D eigenvalue weighted by Crippen LogP contribution is 2.40. The van der Waals surface area contributed by atoms with Crippen LogP contribution in [-0.4, -0.2) is 174 Å². The molecule has 3 saturated heterocycles. The number of aliphatic hydroxyl groups is 9. The van der Waals surface area contributed by atoms with Gasteiger partial charge in [-0.1, -0.05) is 0 Å². The summed E-state index contributed by atoms with van der Waals surface area (Å²) in [6, 6.07) is 5.60. The van der Waals surface area contributed by atoms with E-state index in [2.05, 4.69) is 0 Å². The second-order valence-electron chi connectivity index (χ2n) is 13.3. The first kappa shape index (κ1) is 40.7. The molecular weight excluding hydrogens is 744 g/mol. The van der Waals surface area contributed by atoms with E-state index >= 15 is 0 Å². The number of aliphatic hydroxyl groups excluding tert-OH is 9. The molecule has 0 bridgehead atoms. The van der Waals surface area contributed by atoms with E-state index in [1.807, 2.05) is 0 Å². The van der Waals surface area contributed by atoms with Gasteiger partial charge in [0.15, 0.2) is 35.9 Å². The first-order chi connectivity index (χ1) is 26.1. The third-order valence-corrected chi connectivity index (χ3v) is 9.61. The molecule has 0 spiro atoms. The number of hydrogen-bond donors (Lipinski definition) is 12. The van der Waals surface area contributed by atoms with Gasteiger partial charge in [0.1, 0.15) is 83.5 Å². The van der Waals surface area contributed by atoms with Crippen LogP contribution in [0.15, 0.2) is 39.5 Å². The van der Waals surface area contributed by atoms with E-state index in [1.54, 1.807) is 0 Å². The summed E-state index contributed by atoms with van der Waals surface area (Å²) in [4.78, 5) is 14.2. The van der Waals surface area contributed by atoms with Crippen LogP contribution in [0.1, 0.15) is 6.92 Å². The number of ether oxygens (including phenoxy) is 7. The second kappa shape index (κ2) is 16.3. The summed E-state index contributed by atoms with van der Waals surface area (Å²) >= 11 is 0. The average Bonchev–Trinajstić information content (AvgIpc) is 3.15. The number of benzene rings is 2. The molecule has 304 valence electrons. The van der Waals surface area contributed by atoms with Gasteiger partial charge in [-0.3, -0.25) is 4.79 Å². The number of rotatable bonds is 10. The van der Waals surface area contributed by atoms with E-state index in [4.69, 9.17) is 37.6 Å². The fourth-order valence-corrected chi connectivity index (χ4v) is 6.46. The predicted octanol–water partition coefficient (Wildman–Crippen LogP) is -3.56. The fraction of sp³-hybridized carbons (Fsp3) is 0.559. The molecule has 55 heavy (non-hydrogen) atoms. The third-order valence-electron chi connectivity index (χ3n) is 9.61. The molecule has 21 nitrogen and oxygen atoms in total. The minimum absolute atomic E-state index is 0.0208. The van der Waals surface area contributed by atoms with Crippen molar-refractivity contribution in [1.29, 1.82) is 0 Å². The molecular formula is C34H42O21. The van der Waals surface area contributed by atoms with Crippen LogP contribution in [0.4, 0.5) is 0 Å². The Labute approximate surface area is 309 Å². The Balaban J connectivity index is 1.41. The van der Waals surface area contributed by atoms with Crippen molar-refractivity contribution in [2.45, 2.75) is 99.0 Å². The van der Waals surface area contributed by atoms with Crippen LogP contribution in [0.3, 0.4) is 0 Å². The number of fused-ring (bicyclic) bond motifs is 1. The van der Waals surface area contributed by atoms with E-state index in [0.29, 0.717) is 0 Å². The summed E-state index contributed by atoms with van der Waals surface area (Å²) in [5, 5.41) is 125. The van der Waals surface area contributed by atoms with Crippen molar-refractivity contribution in [2.24, 2.45) is 0 Å². The Bertz CT molecular complexity index is 1870. The molecule has 3 fully saturated rings. The van der Waals surface area contributed by atoms with Crippen LogP contribution in [0.5, 0.6) is 28.7 Å². The maximum atomic E-state index is 14.2. The number of aromatic hydroxyl groups is 3. The topological polar surface area (TPSA) is 338 Å². The van der Waals surface area contributed by atoms with Gasteiger partial charge in [-0.2, -0.15) is 0 Å². The third kappa shape index (κ3) is 7.77. The minimum Gasteiger partial charge on any atom is -0.508 e. The minimum atomic E-state index is -2.08. The molecule has 3 aliphatic heterocycles. The summed E-state index contributed by atoms with van der Waals surface area (Å²) < 4.78 is 45.3. The van der Waals surface area contributed by atoms with Gasteiger partial charge < -0.3 is 98.9 Å². The van der Waals surface area contributed by atoms with Gasteiger partial charge in [-0.05, 0) is 25.1 Å². The average molecular weight is 787 g/mol. The second-order valence-corrected chi connectivity index (χ2v) is 13.3. The highest BCUT2D eigenvalue weighted by molar-refractivity contribution is 5.88. The lowest BCUT2D eigenvalue weighted by Crippen LogP contribution is -2.65. The van der Waals surface area contributed by atoms with Crippen LogP contribution >= 0.6 is 0 Å². The molecule has 0 aliphatic carbocycles. The molecule has 6 rings (SSSR count). The summed E-state index contributed by atoms with van der Waals surface area (Å²) in [6.45, 7) is -0.171. The molecule has 3 aliphatic rings. The molecule has 0 radical (unpaired) electrons. The SMILES string of the molecule is COc1cc(-c2oc3cc(O)cc(O)c3c(=O)c2O[C@@H]2OC(CO[C@@H]3OC(C)[C@H](O)[C@H](O)C3O)[C@@H](O)C(O)C2O[C@@H]2OC(CO)[C@H](O)C(O)[C@H]2O)ccc1O. The zero-order valence-electron chi connectivity index (χ0n) is 29.0. The maximum absolute atomic E-state index is 14.2. The van der Waals surface area contributed by atoms with Gasteiger partial charge in [0.2, 0.25) is 17.5 Å². The van der Waals surface area contributed by atoms with E-state index in [1.165, 1.54) is 32.2 Å². The van der Waals surface area contributed by atoms with Crippen LogP contribution in [-0.2, 0) is 23.7 Å². The smallest absolute Gasteiger partial charge is 0.239 e. The first-order valence-electron chi connectivity index (χ1n) is 16.9. The van der Waals surface area contributed by atoms with E-state index < -0.39 is 139 Å². The van der Waals surface area contributed by atoms with Crippen LogP contribution < -0.4 is 14.9 Å². The Kier molecular flexibility index (Phi) is 12.1. The van der Waals surface area contributed by atoms with Crippen molar-refractivity contribution in [3.63, 3.8) is 0 Å². The Morgan fingerprint density at radius 2 is 1.36 bits per heavy atom. The van der Waals surface area contributed by atoms with Gasteiger partial charge in [-0.15, -0.1) is 0 Å². The maximum Gasteiger partial charge on any atom is 0.239 e. The fourth-order valence-electron chi connectivity index (χ4n) is 6.46. The van der Waals surface area contributed by atoms with Gasteiger partial charge >= 0.3 is 0 Å². The quantitative estimate of drug-likeness (QED) is 0.0946. The monoisotopic (exact) mass is 786 g/mol. The van der Waals surface area contributed by atoms with Crippen molar-refractivity contribution in [2.75, 3.05) is 20.3 Å². The lowest BCUT2D eigenvalue weighted by Gasteiger charge is -2.46. The molecule has 12 N–H and O–H groups in total. The van der Waals surface area contributed by atoms with Crippen molar-refractivity contribution >= 4 is 11.0 Å². The van der Waals surface area contributed by atoms with E-state index in [9.17, 15) is 66.1 Å². The summed E-state index contributed by atoms with van der Waals surface area (Å²) in [5.41, 5.74) is -1.39. The molecule has 3 aromatic rings. The zero-order valence-corrected chi connectivity index (χ0v) is 29.0. The van der Waals surface area contributed by atoms with E-state index in [0.717, 1.165) is 12.1 Å². The molecule has 2 aromatic carbocycles. The number of hydrogen-bond acceptors (Lipinski definition) is 21. The molecule has 21 heteroatoms. The summed E-state index contributed by atoms with van der Waals surface area (Å²) in [5.74, 6) is -2.77. The van der Waals surface area contributed by atoms with Gasteiger partial charge in [-0.25, -0.2) is 0 Å². The molecule has 4 heterocycles. The van der Waals surface area contributed by atoms with E-state index in [-0.39, 0.29) is 22.6 Å². The Morgan fingerprint density at radius 1 is 0.709 bits per heavy atom. The normalized spacial score (nSPS) is 36.8. The Hall–Kier alpha value is -3.91. The predicted molar refractivity (Wildman–Crippen MR) is 178 cm³/mol. The van der Waals surface area contributed by atoms with Crippen molar-refractivity contribution in [3.05, 3.63) is 40.6 Å². The summed E-state index contributed by atoms with van der Waals surface area (Å²) in [7, 11) is 1.25. The van der Waals surface area contributed by atoms with Crippen molar-refractivity contribution in [1.82, 2.24) is 0 Å². The first-order valence-corrected chi connectivity index (χ1v) is 16.9.